The number of fused-ring (bicyclic) bond motifs is 1. The van der Waals surface area contributed by atoms with Crippen LogP contribution in [-0.2, 0) is 6.42 Å². The smallest absolute Gasteiger partial charge is 0.129 e. The molecule has 0 aliphatic heterocycles. The van der Waals surface area contributed by atoms with Crippen molar-refractivity contribution in [3.63, 3.8) is 0 Å². The molecule has 1 atom stereocenters. The van der Waals surface area contributed by atoms with Gasteiger partial charge < -0.3 is 5.11 Å². The zero-order chi connectivity index (χ0) is 8.72. The lowest BCUT2D eigenvalue weighted by atomic mass is 10.1. The molecule has 0 bridgehead atoms. The number of hydrogen-bond donors (Lipinski definition) is 1. The molecule has 1 aromatic carbocycles. The highest BCUT2D eigenvalue weighted by atomic mass is 19.1. The van der Waals surface area contributed by atoms with Gasteiger partial charge in [-0.15, -0.1) is 0 Å². The van der Waals surface area contributed by atoms with E-state index in [1.54, 1.807) is 0 Å². The SMILES string of the molecule is OC1CCc2c(F)ccc(F)c21. The van der Waals surface area contributed by atoms with Crippen molar-refractivity contribution in [2.45, 2.75) is 18.9 Å². The molecule has 1 aliphatic carbocycles. The molecular formula is C9H8F2O. The largest absolute Gasteiger partial charge is 0.388 e. The molecule has 2 rings (SSSR count). The minimum Gasteiger partial charge on any atom is -0.388 e. The molecule has 1 unspecified atom stereocenters. The van der Waals surface area contributed by atoms with Gasteiger partial charge in [-0.3, -0.25) is 0 Å². The minimum atomic E-state index is -0.823. The summed E-state index contributed by atoms with van der Waals surface area (Å²) < 4.78 is 26.0. The molecule has 0 heterocycles. The van der Waals surface area contributed by atoms with Gasteiger partial charge in [-0.05, 0) is 30.5 Å². The van der Waals surface area contributed by atoms with E-state index in [2.05, 4.69) is 0 Å². The maximum atomic E-state index is 13.0. The summed E-state index contributed by atoms with van der Waals surface area (Å²) in [5, 5.41) is 9.28. The average Bonchev–Trinajstić information content (AvgIpc) is 2.42. The first-order valence-corrected chi connectivity index (χ1v) is 3.85. The molecule has 1 nitrogen and oxygen atoms in total. The summed E-state index contributed by atoms with van der Waals surface area (Å²) in [6.45, 7) is 0. The second kappa shape index (κ2) is 2.52. The Morgan fingerprint density at radius 1 is 1.25 bits per heavy atom. The van der Waals surface area contributed by atoms with Crippen molar-refractivity contribution in [2.75, 3.05) is 0 Å². The summed E-state index contributed by atoms with van der Waals surface area (Å²) in [6.07, 6.45) is 0.0310. The Morgan fingerprint density at radius 3 is 2.58 bits per heavy atom. The van der Waals surface area contributed by atoms with Gasteiger partial charge in [0.15, 0.2) is 0 Å². The van der Waals surface area contributed by atoms with E-state index in [0.29, 0.717) is 18.4 Å². The number of halogens is 2. The summed E-state index contributed by atoms with van der Waals surface area (Å²) in [5.74, 6) is -0.917. The third kappa shape index (κ3) is 0.932. The van der Waals surface area contributed by atoms with Crippen LogP contribution in [0.5, 0.6) is 0 Å². The zero-order valence-corrected chi connectivity index (χ0v) is 6.35. The highest BCUT2D eigenvalue weighted by Crippen LogP contribution is 2.34. The lowest BCUT2D eigenvalue weighted by Crippen LogP contribution is -1.96. The van der Waals surface area contributed by atoms with Gasteiger partial charge >= 0.3 is 0 Å². The zero-order valence-electron chi connectivity index (χ0n) is 6.35. The van der Waals surface area contributed by atoms with Gasteiger partial charge in [0.1, 0.15) is 11.6 Å². The van der Waals surface area contributed by atoms with Crippen LogP contribution in [0, 0.1) is 11.6 Å². The van der Waals surface area contributed by atoms with Crippen molar-refractivity contribution in [1.29, 1.82) is 0 Å². The molecule has 1 aliphatic rings. The monoisotopic (exact) mass is 170 g/mol. The Labute approximate surface area is 68.6 Å². The second-order valence-electron chi connectivity index (χ2n) is 2.98. The van der Waals surface area contributed by atoms with Crippen LogP contribution in [0.15, 0.2) is 12.1 Å². The molecule has 0 fully saturated rings. The fraction of sp³-hybridized carbons (Fsp3) is 0.333. The quantitative estimate of drug-likeness (QED) is 0.630. The topological polar surface area (TPSA) is 20.2 Å². The van der Waals surface area contributed by atoms with E-state index in [-0.39, 0.29) is 5.56 Å². The van der Waals surface area contributed by atoms with E-state index < -0.39 is 17.7 Å². The molecule has 3 heteroatoms. The minimum absolute atomic E-state index is 0.148. The molecule has 0 radical (unpaired) electrons. The van der Waals surface area contributed by atoms with Crippen LogP contribution in [0.3, 0.4) is 0 Å². The van der Waals surface area contributed by atoms with E-state index in [0.717, 1.165) is 12.1 Å². The van der Waals surface area contributed by atoms with E-state index in [1.165, 1.54) is 0 Å². The van der Waals surface area contributed by atoms with E-state index in [4.69, 9.17) is 0 Å². The maximum absolute atomic E-state index is 13.0. The molecule has 12 heavy (non-hydrogen) atoms. The molecule has 0 saturated carbocycles. The van der Waals surface area contributed by atoms with Gasteiger partial charge in [0.05, 0.1) is 6.10 Å². The molecule has 0 amide bonds. The summed E-state index contributed by atoms with van der Waals surface area (Å²) in [5.41, 5.74) is 0.484. The van der Waals surface area contributed by atoms with E-state index in [1.807, 2.05) is 0 Å². The van der Waals surface area contributed by atoms with Crippen LogP contribution >= 0.6 is 0 Å². The van der Waals surface area contributed by atoms with Crippen LogP contribution in [0.1, 0.15) is 23.7 Å². The number of benzene rings is 1. The van der Waals surface area contributed by atoms with Crippen molar-refractivity contribution < 1.29 is 13.9 Å². The van der Waals surface area contributed by atoms with E-state index >= 15 is 0 Å². The van der Waals surface area contributed by atoms with Crippen molar-refractivity contribution in [3.05, 3.63) is 34.9 Å². The van der Waals surface area contributed by atoms with Gasteiger partial charge in [-0.25, -0.2) is 8.78 Å². The number of hydrogen-bond acceptors (Lipinski definition) is 1. The molecule has 64 valence electrons. The standard InChI is InChI=1S/C9H8F2O/c10-6-2-3-7(11)9-5(6)1-4-8(9)12/h2-3,8,12H,1,4H2. The van der Waals surface area contributed by atoms with Crippen LogP contribution in [0.2, 0.25) is 0 Å². The Balaban J connectivity index is 2.64. The lowest BCUT2D eigenvalue weighted by molar-refractivity contribution is 0.176. The second-order valence-corrected chi connectivity index (χ2v) is 2.98. The van der Waals surface area contributed by atoms with E-state index in [9.17, 15) is 13.9 Å². The van der Waals surface area contributed by atoms with Crippen LogP contribution in [-0.4, -0.2) is 5.11 Å². The highest BCUT2D eigenvalue weighted by Gasteiger charge is 2.26. The Morgan fingerprint density at radius 2 is 1.92 bits per heavy atom. The fourth-order valence-electron chi connectivity index (χ4n) is 1.65. The first-order valence-electron chi connectivity index (χ1n) is 3.85. The van der Waals surface area contributed by atoms with Gasteiger partial charge in [-0.1, -0.05) is 0 Å². The van der Waals surface area contributed by atoms with Crippen LogP contribution in [0.4, 0.5) is 8.78 Å². The lowest BCUT2D eigenvalue weighted by Gasteiger charge is -2.04. The third-order valence-electron chi connectivity index (χ3n) is 2.25. The van der Waals surface area contributed by atoms with Crippen molar-refractivity contribution >= 4 is 0 Å². The van der Waals surface area contributed by atoms with Crippen LogP contribution in [0.25, 0.3) is 0 Å². The van der Waals surface area contributed by atoms with Gasteiger partial charge in [0, 0.05) is 5.56 Å². The van der Waals surface area contributed by atoms with Gasteiger partial charge in [-0.2, -0.15) is 0 Å². The molecule has 0 saturated heterocycles. The molecule has 1 aromatic rings. The molecule has 1 N–H and O–H groups in total. The fourth-order valence-corrected chi connectivity index (χ4v) is 1.65. The van der Waals surface area contributed by atoms with Gasteiger partial charge in [0.25, 0.3) is 0 Å². The Kier molecular flexibility index (Phi) is 1.61. The Bertz CT molecular complexity index is 323. The predicted octanol–water partition coefficient (Wildman–Crippen LogP) is 1.94. The summed E-state index contributed by atoms with van der Waals surface area (Å²) in [6, 6.07) is 2.16. The highest BCUT2D eigenvalue weighted by molar-refractivity contribution is 5.35. The number of rotatable bonds is 0. The first-order chi connectivity index (χ1) is 5.70. The molecule has 0 spiro atoms. The molecule has 0 aromatic heterocycles. The normalized spacial score (nSPS) is 21.1. The van der Waals surface area contributed by atoms with Crippen molar-refractivity contribution in [1.82, 2.24) is 0 Å². The summed E-state index contributed by atoms with van der Waals surface area (Å²) >= 11 is 0. The average molecular weight is 170 g/mol. The molecular weight excluding hydrogens is 162 g/mol. The summed E-state index contributed by atoms with van der Waals surface area (Å²) in [4.78, 5) is 0. The first kappa shape index (κ1) is 7.68. The summed E-state index contributed by atoms with van der Waals surface area (Å²) in [7, 11) is 0. The Hall–Kier alpha value is -0.960. The van der Waals surface area contributed by atoms with Crippen LogP contribution < -0.4 is 0 Å². The van der Waals surface area contributed by atoms with Gasteiger partial charge in [0.2, 0.25) is 0 Å². The maximum Gasteiger partial charge on any atom is 0.129 e. The predicted molar refractivity (Wildman–Crippen MR) is 39.6 cm³/mol. The van der Waals surface area contributed by atoms with Crippen molar-refractivity contribution in [3.8, 4) is 0 Å². The number of aliphatic hydroxyl groups is 1. The van der Waals surface area contributed by atoms with Crippen molar-refractivity contribution in [2.24, 2.45) is 0 Å². The number of aliphatic hydroxyl groups excluding tert-OH is 1. The third-order valence-corrected chi connectivity index (χ3v) is 2.25.